The van der Waals surface area contributed by atoms with Crippen LogP contribution in [0, 0.1) is 20.2 Å². The van der Waals surface area contributed by atoms with E-state index in [0.29, 0.717) is 0 Å². The molecule has 0 amide bonds. The summed E-state index contributed by atoms with van der Waals surface area (Å²) in [7, 11) is 0. The molecular formula is CFN5O4. The number of hydrogen-bond acceptors (Lipinski definition) is 5. The molecule has 11 heavy (non-hydrogen) atoms. The van der Waals surface area contributed by atoms with E-state index in [2.05, 4.69) is 0 Å². The minimum Gasteiger partial charge on any atom is -0.256 e. The van der Waals surface area contributed by atoms with Gasteiger partial charge < -0.3 is 0 Å². The number of hydrogen-bond donors (Lipinski definition) is 0. The Balaban J connectivity index is 4.97. The predicted molar refractivity (Wildman–Crippen MR) is 27.0 cm³/mol. The van der Waals surface area contributed by atoms with E-state index in [0.717, 1.165) is 0 Å². The first-order valence-electron chi connectivity index (χ1n) is 1.99. The van der Waals surface area contributed by atoms with Crippen molar-refractivity contribution in [3.05, 3.63) is 30.7 Å². The molecule has 0 aromatic carbocycles. The van der Waals surface area contributed by atoms with E-state index in [1.165, 1.54) is 0 Å². The first-order chi connectivity index (χ1) is 4.95. The monoisotopic (exact) mass is 165 g/mol. The summed E-state index contributed by atoms with van der Waals surface area (Å²) in [5.41, 5.74) is 7.51. The second kappa shape index (κ2) is 2.75. The standard InChI is InChI=1S/CFN5O4/c2-1(4-5-3,6(8)9)7(10)11. The van der Waals surface area contributed by atoms with Crippen molar-refractivity contribution in [3.8, 4) is 0 Å². The summed E-state index contributed by atoms with van der Waals surface area (Å²) in [6, 6.07) is -4.30. The number of alkyl halides is 1. The first-order valence-corrected chi connectivity index (χ1v) is 1.99. The van der Waals surface area contributed by atoms with Crippen molar-refractivity contribution < 1.29 is 14.2 Å². The molecule has 0 saturated heterocycles. The lowest BCUT2D eigenvalue weighted by atomic mass is 10.9. The van der Waals surface area contributed by atoms with Gasteiger partial charge in [0.15, 0.2) is 0 Å². The largest absolute Gasteiger partial charge is 0.714 e. The molecule has 0 N–H and O–H groups in total. The molecule has 0 aliphatic carbocycles. The van der Waals surface area contributed by atoms with Gasteiger partial charge >= 0.3 is 6.04 Å². The fourth-order valence-electron chi connectivity index (χ4n) is 0.197. The van der Waals surface area contributed by atoms with E-state index < -0.39 is 15.9 Å². The number of nitrogens with zero attached hydrogens (tertiary/aromatic N) is 5. The lowest BCUT2D eigenvalue weighted by Crippen LogP contribution is -2.38. The highest BCUT2D eigenvalue weighted by Crippen LogP contribution is 2.14. The van der Waals surface area contributed by atoms with Crippen LogP contribution < -0.4 is 0 Å². The van der Waals surface area contributed by atoms with E-state index >= 15 is 0 Å². The Morgan fingerprint density at radius 3 is 1.91 bits per heavy atom. The van der Waals surface area contributed by atoms with Crippen molar-refractivity contribution in [2.45, 2.75) is 6.04 Å². The Kier molecular flexibility index (Phi) is 2.26. The Labute approximate surface area is 57.3 Å². The van der Waals surface area contributed by atoms with Gasteiger partial charge in [-0.1, -0.05) is 4.39 Å². The van der Waals surface area contributed by atoms with Crippen LogP contribution in [0.1, 0.15) is 0 Å². The molecule has 0 aromatic rings. The van der Waals surface area contributed by atoms with Gasteiger partial charge in [-0.3, -0.25) is 20.2 Å². The highest BCUT2D eigenvalue weighted by molar-refractivity contribution is 4.49. The number of nitro groups is 2. The van der Waals surface area contributed by atoms with Crippen molar-refractivity contribution in [1.29, 1.82) is 0 Å². The van der Waals surface area contributed by atoms with E-state index in [9.17, 15) is 24.6 Å². The third kappa shape index (κ3) is 1.49. The third-order valence-corrected chi connectivity index (χ3v) is 0.637. The topological polar surface area (TPSA) is 135 Å². The van der Waals surface area contributed by atoms with Crippen LogP contribution in [0.3, 0.4) is 0 Å². The summed E-state index contributed by atoms with van der Waals surface area (Å²) in [6.45, 7) is 0. The van der Waals surface area contributed by atoms with Crippen LogP contribution >= 0.6 is 0 Å². The van der Waals surface area contributed by atoms with Crippen LogP contribution in [0.15, 0.2) is 5.11 Å². The maximum atomic E-state index is 12.2. The van der Waals surface area contributed by atoms with E-state index in [-0.39, 0.29) is 0 Å². The zero-order valence-electron chi connectivity index (χ0n) is 4.75. The fourth-order valence-corrected chi connectivity index (χ4v) is 0.197. The van der Waals surface area contributed by atoms with E-state index in [1.54, 1.807) is 10.0 Å². The Bertz CT molecular complexity index is 223. The highest BCUT2D eigenvalue weighted by atomic mass is 19.2. The molecule has 0 saturated carbocycles. The van der Waals surface area contributed by atoms with E-state index in [4.69, 9.17) is 5.53 Å². The van der Waals surface area contributed by atoms with Crippen LogP contribution in [0.2, 0.25) is 0 Å². The summed E-state index contributed by atoms with van der Waals surface area (Å²) in [6.07, 6.45) is 0. The zero-order chi connectivity index (χ0) is 9.07. The maximum absolute atomic E-state index is 12.2. The zero-order valence-corrected chi connectivity index (χ0v) is 4.75. The molecule has 0 aliphatic heterocycles. The second-order valence-corrected chi connectivity index (χ2v) is 1.26. The highest BCUT2D eigenvalue weighted by Gasteiger charge is 2.58. The number of halogens is 1. The van der Waals surface area contributed by atoms with Crippen LogP contribution in [-0.2, 0) is 0 Å². The molecular weight excluding hydrogens is 165 g/mol. The minimum atomic E-state index is -4.30. The van der Waals surface area contributed by atoms with Gasteiger partial charge in [0, 0.05) is 4.91 Å². The van der Waals surface area contributed by atoms with Crippen LogP contribution in [-0.4, -0.2) is 15.9 Å². The van der Waals surface area contributed by atoms with Crippen molar-refractivity contribution in [3.63, 3.8) is 0 Å². The molecule has 0 atom stereocenters. The fraction of sp³-hybridized carbons (Fsp3) is 1.00. The van der Waals surface area contributed by atoms with Crippen LogP contribution in [0.4, 0.5) is 4.39 Å². The summed E-state index contributed by atoms with van der Waals surface area (Å²) in [5, 5.41) is 20.9. The van der Waals surface area contributed by atoms with Gasteiger partial charge in [-0.2, -0.15) is 0 Å². The van der Waals surface area contributed by atoms with Crippen molar-refractivity contribution in [1.82, 2.24) is 0 Å². The van der Waals surface area contributed by atoms with Crippen molar-refractivity contribution in [2.24, 2.45) is 5.11 Å². The van der Waals surface area contributed by atoms with Gasteiger partial charge in [-0.25, -0.2) is 0 Å². The lowest BCUT2D eigenvalue weighted by Gasteiger charge is -1.98. The predicted octanol–water partition coefficient (Wildman–Crippen LogP) is 0.431. The molecule has 0 rings (SSSR count). The van der Waals surface area contributed by atoms with Gasteiger partial charge in [-0.05, 0) is 5.53 Å². The normalized spacial score (nSPS) is 9.91. The molecule has 0 unspecified atom stereocenters. The van der Waals surface area contributed by atoms with Crippen molar-refractivity contribution in [2.75, 3.05) is 0 Å². The number of azide groups is 1. The molecule has 0 aromatic heterocycles. The maximum Gasteiger partial charge on any atom is 0.714 e. The average molecular weight is 165 g/mol. The Morgan fingerprint density at radius 1 is 1.45 bits per heavy atom. The quantitative estimate of drug-likeness (QED) is 0.114. The summed E-state index contributed by atoms with van der Waals surface area (Å²) in [5.74, 6) is 0. The van der Waals surface area contributed by atoms with Gasteiger partial charge in [0.05, 0.1) is 5.11 Å². The molecule has 0 bridgehead atoms. The van der Waals surface area contributed by atoms with E-state index in [1.807, 2.05) is 0 Å². The SMILES string of the molecule is [N-]=[N+]=NC(F)([N+](=O)[O-])[N+](=O)[O-]. The molecule has 0 fully saturated rings. The number of rotatable bonds is 3. The lowest BCUT2D eigenvalue weighted by molar-refractivity contribution is -0.829. The molecule has 10 heteroatoms. The summed E-state index contributed by atoms with van der Waals surface area (Å²) in [4.78, 5) is 16.9. The third-order valence-electron chi connectivity index (χ3n) is 0.637. The Morgan fingerprint density at radius 2 is 1.82 bits per heavy atom. The molecule has 0 aliphatic rings. The van der Waals surface area contributed by atoms with Crippen LogP contribution in [0.5, 0.6) is 0 Å². The average Bonchev–Trinajstić information content (AvgIpc) is 1.87. The van der Waals surface area contributed by atoms with Gasteiger partial charge in [-0.15, -0.1) is 0 Å². The molecule has 9 nitrogen and oxygen atoms in total. The molecule has 0 spiro atoms. The first kappa shape index (κ1) is 9.04. The minimum absolute atomic E-state index is 1.62. The van der Waals surface area contributed by atoms with Gasteiger partial charge in [0.2, 0.25) is 0 Å². The van der Waals surface area contributed by atoms with Gasteiger partial charge in [0.1, 0.15) is 9.85 Å². The smallest absolute Gasteiger partial charge is 0.256 e. The van der Waals surface area contributed by atoms with Gasteiger partial charge in [0.25, 0.3) is 0 Å². The van der Waals surface area contributed by atoms with Crippen molar-refractivity contribution >= 4 is 0 Å². The Hall–Kier alpha value is -1.96. The summed E-state index contributed by atoms with van der Waals surface area (Å²) < 4.78 is 12.2. The molecule has 60 valence electrons. The summed E-state index contributed by atoms with van der Waals surface area (Å²) >= 11 is 0. The second-order valence-electron chi connectivity index (χ2n) is 1.26. The molecule has 0 radical (unpaired) electrons. The molecule has 0 heterocycles. The van der Waals surface area contributed by atoms with Crippen LogP contribution in [0.25, 0.3) is 10.4 Å².